The molecule has 0 aliphatic carbocycles. The molecule has 0 atom stereocenters. The molecule has 0 unspecified atom stereocenters. The van der Waals surface area contributed by atoms with Gasteiger partial charge in [0.15, 0.2) is 0 Å². The van der Waals surface area contributed by atoms with Gasteiger partial charge in [0.25, 0.3) is 21.9 Å². The molecule has 0 spiro atoms. The number of carbonyl (C=O) groups is 3. The minimum absolute atomic E-state index is 0.166. The number of amides is 2. The summed E-state index contributed by atoms with van der Waals surface area (Å²) in [5.74, 6) is -1.63. The number of benzene rings is 3. The van der Waals surface area contributed by atoms with Crippen LogP contribution in [0.2, 0.25) is 0 Å². The monoisotopic (exact) mass is 485 g/mol. The number of hydroxylamine groups is 2. The van der Waals surface area contributed by atoms with E-state index in [0.29, 0.717) is 22.1 Å². The highest BCUT2D eigenvalue weighted by Crippen LogP contribution is 2.36. The van der Waals surface area contributed by atoms with Gasteiger partial charge < -0.3 is 4.74 Å². The van der Waals surface area contributed by atoms with Crippen molar-refractivity contribution in [2.45, 2.75) is 11.8 Å². The number of ether oxygens (including phenoxy) is 1. The van der Waals surface area contributed by atoms with Gasteiger partial charge in [0.05, 0.1) is 22.9 Å². The predicted octanol–water partition coefficient (Wildman–Crippen LogP) is 3.58. The smallest absolute Gasteiger partial charge is 0.338 e. The highest BCUT2D eigenvalue weighted by molar-refractivity contribution is 7.99. The Morgan fingerprint density at radius 3 is 2.36 bits per heavy atom. The van der Waals surface area contributed by atoms with Crippen LogP contribution in [0.15, 0.2) is 59.5 Å². The molecule has 1 aliphatic heterocycles. The van der Waals surface area contributed by atoms with Gasteiger partial charge in [-0.15, -0.1) is 21.1 Å². The van der Waals surface area contributed by atoms with Crippen molar-refractivity contribution in [1.29, 1.82) is 0 Å². The van der Waals surface area contributed by atoms with E-state index in [9.17, 15) is 22.8 Å². The largest absolute Gasteiger partial charge is 0.461 e. The molecule has 170 valence electrons. The van der Waals surface area contributed by atoms with Gasteiger partial charge in [-0.1, -0.05) is 30.3 Å². The van der Waals surface area contributed by atoms with Gasteiger partial charge in [-0.05, 0) is 42.1 Å². The molecule has 2 amide bonds. The standard InChI is InChI=1S/C23H19NO7S2/c1-14-6-3-4-7-15(14)23(27)30-12-13-32-19-11-10-18-20-16(19)8-5-9-17(20)21(25)24(22(18)26)31-33(2,28)29/h3-11H,12-13H2,1-2H3. The minimum Gasteiger partial charge on any atom is -0.461 e. The first-order valence-corrected chi connectivity index (χ1v) is 12.7. The summed E-state index contributed by atoms with van der Waals surface area (Å²) in [6.07, 6.45) is 0.759. The average Bonchev–Trinajstić information content (AvgIpc) is 2.77. The fourth-order valence-corrected chi connectivity index (χ4v) is 4.82. The second-order valence-corrected chi connectivity index (χ2v) is 10.0. The molecule has 0 aromatic heterocycles. The molecule has 0 N–H and O–H groups in total. The Bertz CT molecular complexity index is 1380. The molecule has 0 radical (unpaired) electrons. The third-order valence-corrected chi connectivity index (χ3v) is 6.44. The van der Waals surface area contributed by atoms with Crippen molar-refractivity contribution in [3.05, 3.63) is 76.9 Å². The third kappa shape index (κ3) is 4.63. The summed E-state index contributed by atoms with van der Waals surface area (Å²) in [6, 6.07) is 15.3. The molecule has 0 saturated carbocycles. The number of carbonyl (C=O) groups excluding carboxylic acids is 3. The number of aryl methyl sites for hydroxylation is 1. The van der Waals surface area contributed by atoms with Crippen molar-refractivity contribution in [2.24, 2.45) is 0 Å². The minimum atomic E-state index is -4.08. The summed E-state index contributed by atoms with van der Waals surface area (Å²) in [4.78, 5) is 38.6. The van der Waals surface area contributed by atoms with E-state index in [0.717, 1.165) is 16.7 Å². The molecule has 3 aromatic carbocycles. The molecule has 33 heavy (non-hydrogen) atoms. The maximum absolute atomic E-state index is 12.8. The van der Waals surface area contributed by atoms with E-state index in [4.69, 9.17) is 4.74 Å². The van der Waals surface area contributed by atoms with Crippen LogP contribution in [-0.4, -0.2) is 49.9 Å². The molecule has 0 fully saturated rings. The van der Waals surface area contributed by atoms with Crippen LogP contribution < -0.4 is 0 Å². The Kier molecular flexibility index (Phi) is 6.24. The van der Waals surface area contributed by atoms with Gasteiger partial charge in [0, 0.05) is 16.0 Å². The zero-order chi connectivity index (χ0) is 23.8. The van der Waals surface area contributed by atoms with Crippen LogP contribution in [0, 0.1) is 6.92 Å². The number of thioether (sulfide) groups is 1. The van der Waals surface area contributed by atoms with Gasteiger partial charge in [-0.3, -0.25) is 9.59 Å². The second-order valence-electron chi connectivity index (χ2n) is 7.32. The molecule has 3 aromatic rings. The van der Waals surface area contributed by atoms with Gasteiger partial charge in [0.1, 0.15) is 6.61 Å². The van der Waals surface area contributed by atoms with Crippen molar-refractivity contribution in [2.75, 3.05) is 18.6 Å². The summed E-state index contributed by atoms with van der Waals surface area (Å²) in [7, 11) is -4.08. The number of esters is 1. The lowest BCUT2D eigenvalue weighted by molar-refractivity contribution is -0.0150. The van der Waals surface area contributed by atoms with Crippen LogP contribution in [0.3, 0.4) is 0 Å². The first-order chi connectivity index (χ1) is 15.7. The van der Waals surface area contributed by atoms with Crippen molar-refractivity contribution < 1.29 is 31.8 Å². The van der Waals surface area contributed by atoms with E-state index in [1.165, 1.54) is 23.9 Å². The normalized spacial score (nSPS) is 13.5. The van der Waals surface area contributed by atoms with Crippen LogP contribution >= 0.6 is 11.8 Å². The summed E-state index contributed by atoms with van der Waals surface area (Å²) >= 11 is 1.42. The van der Waals surface area contributed by atoms with Crippen LogP contribution in [0.1, 0.15) is 36.6 Å². The molecular formula is C23H19NO7S2. The summed E-state index contributed by atoms with van der Waals surface area (Å²) in [5.41, 5.74) is 1.68. The van der Waals surface area contributed by atoms with Crippen LogP contribution in [0.5, 0.6) is 0 Å². The fourth-order valence-electron chi connectivity index (χ4n) is 3.54. The number of hydrogen-bond acceptors (Lipinski definition) is 8. The van der Waals surface area contributed by atoms with E-state index < -0.39 is 27.9 Å². The topological polar surface area (TPSA) is 107 Å². The SMILES string of the molecule is Cc1ccccc1C(=O)OCCSc1ccc2c3c(cccc13)C(=O)N(OS(C)(=O)=O)C2=O. The molecule has 1 aliphatic rings. The molecule has 10 heteroatoms. The molecule has 0 saturated heterocycles. The fraction of sp³-hybridized carbons (Fsp3) is 0.174. The lowest BCUT2D eigenvalue weighted by Gasteiger charge is -2.25. The summed E-state index contributed by atoms with van der Waals surface area (Å²) in [6.45, 7) is 2.01. The first kappa shape index (κ1) is 23.0. The highest BCUT2D eigenvalue weighted by Gasteiger charge is 2.36. The quantitative estimate of drug-likeness (QED) is 0.216. The predicted molar refractivity (Wildman–Crippen MR) is 123 cm³/mol. The molecule has 0 bridgehead atoms. The molecule has 4 rings (SSSR count). The molecular weight excluding hydrogens is 466 g/mol. The first-order valence-electron chi connectivity index (χ1n) is 9.87. The van der Waals surface area contributed by atoms with Crippen molar-refractivity contribution >= 4 is 50.4 Å². The zero-order valence-electron chi connectivity index (χ0n) is 17.7. The highest BCUT2D eigenvalue weighted by atomic mass is 32.2. The molecule has 8 nitrogen and oxygen atoms in total. The van der Waals surface area contributed by atoms with E-state index in [2.05, 4.69) is 4.28 Å². The summed E-state index contributed by atoms with van der Waals surface area (Å²) < 4.78 is 33.0. The van der Waals surface area contributed by atoms with Crippen LogP contribution in [-0.2, 0) is 19.1 Å². The van der Waals surface area contributed by atoms with Crippen LogP contribution in [0.4, 0.5) is 0 Å². The molecule has 1 heterocycles. The number of hydrogen-bond donors (Lipinski definition) is 0. The Labute approximate surface area is 194 Å². The van der Waals surface area contributed by atoms with Gasteiger partial charge in [-0.2, -0.15) is 8.42 Å². The Hall–Kier alpha value is -3.21. The van der Waals surface area contributed by atoms with Crippen molar-refractivity contribution in [1.82, 2.24) is 5.06 Å². The van der Waals surface area contributed by atoms with Crippen molar-refractivity contribution in [3.8, 4) is 0 Å². The average molecular weight is 486 g/mol. The Morgan fingerprint density at radius 1 is 0.970 bits per heavy atom. The zero-order valence-corrected chi connectivity index (χ0v) is 19.4. The van der Waals surface area contributed by atoms with Gasteiger partial charge in [0.2, 0.25) is 0 Å². The third-order valence-electron chi connectivity index (χ3n) is 4.98. The maximum atomic E-state index is 12.8. The summed E-state index contributed by atoms with van der Waals surface area (Å²) in [5, 5.41) is 1.37. The number of nitrogens with zero attached hydrogens (tertiary/aromatic N) is 1. The Balaban J connectivity index is 1.53. The number of imide groups is 1. The maximum Gasteiger partial charge on any atom is 0.338 e. The van der Waals surface area contributed by atoms with E-state index in [-0.39, 0.29) is 22.8 Å². The van der Waals surface area contributed by atoms with E-state index >= 15 is 0 Å². The van der Waals surface area contributed by atoms with Crippen LogP contribution in [0.25, 0.3) is 10.8 Å². The van der Waals surface area contributed by atoms with Crippen molar-refractivity contribution in [3.63, 3.8) is 0 Å². The van der Waals surface area contributed by atoms with E-state index in [1.54, 1.807) is 30.3 Å². The van der Waals surface area contributed by atoms with Gasteiger partial charge in [-0.25, -0.2) is 4.79 Å². The number of rotatable bonds is 7. The Morgan fingerprint density at radius 2 is 1.67 bits per heavy atom. The lowest BCUT2D eigenvalue weighted by Crippen LogP contribution is -2.41. The second kappa shape index (κ2) is 8.97. The van der Waals surface area contributed by atoms with E-state index in [1.807, 2.05) is 19.1 Å². The lowest BCUT2D eigenvalue weighted by atomic mass is 9.95. The van der Waals surface area contributed by atoms with Gasteiger partial charge >= 0.3 is 5.97 Å².